The Bertz CT molecular complexity index is 906. The van der Waals surface area contributed by atoms with Gasteiger partial charge in [-0.05, 0) is 59.9 Å². The quantitative estimate of drug-likeness (QED) is 0.585. The number of piperidine rings is 1. The van der Waals surface area contributed by atoms with Gasteiger partial charge in [-0.3, -0.25) is 5.11 Å². The molecular formula is C23H24NO2. The molecule has 1 heterocycles. The molecule has 1 atom stereocenters. The molecular weight excluding hydrogens is 322 g/mol. The molecule has 3 heteroatoms. The number of nitrogens with zero attached hydrogens (tertiary/aromatic N) is 1. The summed E-state index contributed by atoms with van der Waals surface area (Å²) in [6.07, 6.45) is 4.03. The third-order valence-corrected chi connectivity index (χ3v) is 5.16. The monoisotopic (exact) mass is 346 g/mol. The lowest BCUT2D eigenvalue weighted by Crippen LogP contribution is -2.43. The lowest BCUT2D eigenvalue weighted by molar-refractivity contribution is 0.163. The van der Waals surface area contributed by atoms with Crippen molar-refractivity contribution >= 4 is 16.5 Å². The number of aryl methyl sites for hydroxylation is 1. The van der Waals surface area contributed by atoms with Gasteiger partial charge in [0.25, 0.3) is 0 Å². The third-order valence-electron chi connectivity index (χ3n) is 5.16. The Morgan fingerprint density at radius 2 is 1.81 bits per heavy atom. The van der Waals surface area contributed by atoms with Crippen LogP contribution in [0.25, 0.3) is 10.8 Å². The molecule has 1 saturated heterocycles. The molecule has 0 N–H and O–H groups in total. The van der Waals surface area contributed by atoms with Crippen molar-refractivity contribution in [1.82, 2.24) is 0 Å². The highest BCUT2D eigenvalue weighted by molar-refractivity contribution is 5.88. The smallest absolute Gasteiger partial charge is 0.202 e. The van der Waals surface area contributed by atoms with Crippen LogP contribution in [0.1, 0.15) is 31.7 Å². The lowest BCUT2D eigenvalue weighted by Gasteiger charge is -2.37. The average Bonchev–Trinajstić information content (AvgIpc) is 2.68. The molecule has 0 aromatic heterocycles. The molecule has 3 aromatic rings. The van der Waals surface area contributed by atoms with Gasteiger partial charge in [0.1, 0.15) is 5.75 Å². The molecule has 3 aromatic carbocycles. The van der Waals surface area contributed by atoms with E-state index in [-0.39, 0.29) is 12.0 Å². The van der Waals surface area contributed by atoms with Gasteiger partial charge in [0.2, 0.25) is 5.75 Å². The SMILES string of the molecule is CCc1cccc(OC2CCCCN2c2cc3ccccc3cc2[O])c1. The second-order valence-electron chi connectivity index (χ2n) is 6.93. The second-order valence-corrected chi connectivity index (χ2v) is 6.93. The van der Waals surface area contributed by atoms with Crippen molar-refractivity contribution in [3.8, 4) is 11.5 Å². The number of benzene rings is 3. The summed E-state index contributed by atoms with van der Waals surface area (Å²) in [5.74, 6) is 0.955. The summed E-state index contributed by atoms with van der Waals surface area (Å²) in [6.45, 7) is 3.00. The molecule has 133 valence electrons. The minimum Gasteiger partial charge on any atom is -0.471 e. The number of hydrogen-bond donors (Lipinski definition) is 0. The van der Waals surface area contributed by atoms with Crippen molar-refractivity contribution in [3.63, 3.8) is 0 Å². The number of rotatable bonds is 4. The van der Waals surface area contributed by atoms with Crippen molar-refractivity contribution < 1.29 is 9.84 Å². The minimum atomic E-state index is -0.0929. The van der Waals surface area contributed by atoms with Gasteiger partial charge in [0.15, 0.2) is 6.23 Å². The van der Waals surface area contributed by atoms with Gasteiger partial charge in [-0.1, -0.05) is 43.3 Å². The van der Waals surface area contributed by atoms with E-state index in [4.69, 9.17) is 4.74 Å². The zero-order valence-corrected chi connectivity index (χ0v) is 15.2. The van der Waals surface area contributed by atoms with Gasteiger partial charge in [-0.15, -0.1) is 0 Å². The van der Waals surface area contributed by atoms with Crippen LogP contribution in [-0.4, -0.2) is 12.8 Å². The summed E-state index contributed by atoms with van der Waals surface area (Å²) in [5.41, 5.74) is 2.01. The van der Waals surface area contributed by atoms with Crippen LogP contribution in [-0.2, 0) is 11.5 Å². The van der Waals surface area contributed by atoms with Crippen molar-refractivity contribution in [3.05, 3.63) is 66.2 Å². The molecule has 1 unspecified atom stereocenters. The standard InChI is InChI=1S/C23H24NO2/c1-2-17-8-7-11-20(14-17)26-23-12-5-6-13-24(23)21-15-18-9-3-4-10-19(18)16-22(21)25/h3-4,7-11,14-16,23H,2,5-6,12-13H2,1H3. The first-order chi connectivity index (χ1) is 12.7. The topological polar surface area (TPSA) is 32.4 Å². The molecule has 1 radical (unpaired) electrons. The highest BCUT2D eigenvalue weighted by Crippen LogP contribution is 2.37. The molecule has 1 fully saturated rings. The highest BCUT2D eigenvalue weighted by Gasteiger charge is 2.27. The molecule has 4 rings (SSSR count). The molecule has 0 aliphatic carbocycles. The van der Waals surface area contributed by atoms with Crippen molar-refractivity contribution in [2.75, 3.05) is 11.4 Å². The van der Waals surface area contributed by atoms with Gasteiger partial charge in [0.05, 0.1) is 5.69 Å². The second kappa shape index (κ2) is 7.28. The van der Waals surface area contributed by atoms with E-state index in [0.717, 1.165) is 54.4 Å². The van der Waals surface area contributed by atoms with Gasteiger partial charge in [-0.2, -0.15) is 0 Å². The van der Waals surface area contributed by atoms with Gasteiger partial charge in [-0.25, -0.2) is 0 Å². The zero-order chi connectivity index (χ0) is 17.9. The minimum absolute atomic E-state index is 0.0708. The molecule has 0 saturated carbocycles. The number of hydrogen-bond acceptors (Lipinski definition) is 2. The van der Waals surface area contributed by atoms with E-state index in [1.54, 1.807) is 6.07 Å². The van der Waals surface area contributed by atoms with Crippen LogP contribution in [0.15, 0.2) is 60.7 Å². The van der Waals surface area contributed by atoms with E-state index in [1.807, 2.05) is 36.4 Å². The fraction of sp³-hybridized carbons (Fsp3) is 0.304. The van der Waals surface area contributed by atoms with Crippen LogP contribution in [0.5, 0.6) is 11.5 Å². The Morgan fingerprint density at radius 3 is 2.62 bits per heavy atom. The molecule has 26 heavy (non-hydrogen) atoms. The van der Waals surface area contributed by atoms with Crippen LogP contribution < -0.4 is 9.64 Å². The Balaban J connectivity index is 1.66. The van der Waals surface area contributed by atoms with Crippen molar-refractivity contribution in [2.24, 2.45) is 0 Å². The predicted molar refractivity (Wildman–Crippen MR) is 106 cm³/mol. The third kappa shape index (κ3) is 3.34. The predicted octanol–water partition coefficient (Wildman–Crippen LogP) is 5.94. The van der Waals surface area contributed by atoms with Crippen LogP contribution in [0.2, 0.25) is 0 Å². The van der Waals surface area contributed by atoms with E-state index in [1.165, 1.54) is 5.56 Å². The maximum atomic E-state index is 12.7. The fourth-order valence-corrected chi connectivity index (χ4v) is 3.73. The first-order valence-electron chi connectivity index (χ1n) is 9.46. The van der Waals surface area contributed by atoms with Crippen LogP contribution in [0.3, 0.4) is 0 Å². The number of anilines is 1. The number of ether oxygens (including phenoxy) is 1. The van der Waals surface area contributed by atoms with Gasteiger partial charge < -0.3 is 9.64 Å². The summed E-state index contributed by atoms with van der Waals surface area (Å²) < 4.78 is 6.32. The lowest BCUT2D eigenvalue weighted by atomic mass is 10.0. The maximum absolute atomic E-state index is 12.7. The molecule has 0 spiro atoms. The summed E-state index contributed by atoms with van der Waals surface area (Å²) in [6, 6.07) is 20.0. The highest BCUT2D eigenvalue weighted by atomic mass is 16.5. The van der Waals surface area contributed by atoms with Gasteiger partial charge >= 0.3 is 0 Å². The van der Waals surface area contributed by atoms with Gasteiger partial charge in [0, 0.05) is 13.0 Å². The first kappa shape index (κ1) is 16.8. The maximum Gasteiger partial charge on any atom is 0.202 e. The summed E-state index contributed by atoms with van der Waals surface area (Å²) >= 11 is 0. The number of fused-ring (bicyclic) bond motifs is 1. The van der Waals surface area contributed by atoms with E-state index in [0.29, 0.717) is 0 Å². The molecule has 1 aliphatic rings. The van der Waals surface area contributed by atoms with Crippen LogP contribution in [0.4, 0.5) is 5.69 Å². The van der Waals surface area contributed by atoms with E-state index in [9.17, 15) is 5.11 Å². The van der Waals surface area contributed by atoms with Crippen molar-refractivity contribution in [2.45, 2.75) is 38.8 Å². The van der Waals surface area contributed by atoms with E-state index < -0.39 is 0 Å². The largest absolute Gasteiger partial charge is 0.471 e. The molecule has 1 aliphatic heterocycles. The summed E-state index contributed by atoms with van der Waals surface area (Å²) in [7, 11) is 0. The Hall–Kier alpha value is -2.68. The normalized spacial score (nSPS) is 17.4. The molecule has 0 bridgehead atoms. The first-order valence-corrected chi connectivity index (χ1v) is 9.46. The average molecular weight is 346 g/mol. The van der Waals surface area contributed by atoms with Crippen LogP contribution >= 0.6 is 0 Å². The molecule has 3 nitrogen and oxygen atoms in total. The Morgan fingerprint density at radius 1 is 1.00 bits per heavy atom. The zero-order valence-electron chi connectivity index (χ0n) is 15.2. The van der Waals surface area contributed by atoms with Crippen molar-refractivity contribution in [1.29, 1.82) is 0 Å². The summed E-state index contributed by atoms with van der Waals surface area (Å²) in [5, 5.41) is 14.8. The molecule has 0 amide bonds. The summed E-state index contributed by atoms with van der Waals surface area (Å²) in [4.78, 5) is 2.15. The fourth-order valence-electron chi connectivity index (χ4n) is 3.73. The Labute approximate surface area is 154 Å². The Kier molecular flexibility index (Phi) is 4.70. The van der Waals surface area contributed by atoms with E-state index >= 15 is 0 Å². The van der Waals surface area contributed by atoms with E-state index in [2.05, 4.69) is 30.0 Å². The van der Waals surface area contributed by atoms with Crippen LogP contribution in [0, 0.1) is 0 Å².